The summed E-state index contributed by atoms with van der Waals surface area (Å²) < 4.78 is 1.64. The van der Waals surface area contributed by atoms with Crippen LogP contribution in [-0.4, -0.2) is 44.8 Å². The Hall–Kier alpha value is -2.34. The summed E-state index contributed by atoms with van der Waals surface area (Å²) >= 11 is 0. The second-order valence-corrected chi connectivity index (χ2v) is 7.53. The number of aromatic hydroxyl groups is 1. The summed E-state index contributed by atoms with van der Waals surface area (Å²) in [6.07, 6.45) is 8.61. The fourth-order valence-electron chi connectivity index (χ4n) is 4.07. The largest absolute Gasteiger partial charge is 0.508 e. The lowest BCUT2D eigenvalue weighted by Gasteiger charge is -2.32. The smallest absolute Gasteiger partial charge is 0.254 e. The molecule has 1 aliphatic heterocycles. The first-order valence-corrected chi connectivity index (χ1v) is 9.44. The standard InChI is InChI=1S/C20H26N4O2/c1-23-12-17(11-21-23)20(26)22-18-5-7-24(8-6-18)13-16-9-14-3-2-4-15(14)10-19(16)25/h9-12,18,25H,2-8,13H2,1H3,(H,22,26). The number of carbonyl (C=O) groups excluding carboxylic acids is 1. The van der Waals surface area contributed by atoms with E-state index >= 15 is 0 Å². The first kappa shape index (κ1) is 17.1. The van der Waals surface area contributed by atoms with Crippen LogP contribution in [0.4, 0.5) is 0 Å². The minimum absolute atomic E-state index is 0.0483. The molecule has 0 radical (unpaired) electrons. The molecule has 1 aromatic carbocycles. The number of hydrogen-bond acceptors (Lipinski definition) is 4. The van der Waals surface area contributed by atoms with Crippen LogP contribution in [0.5, 0.6) is 5.75 Å². The zero-order valence-corrected chi connectivity index (χ0v) is 15.2. The molecule has 0 unspecified atom stereocenters. The molecule has 2 heterocycles. The van der Waals surface area contributed by atoms with Crippen molar-refractivity contribution in [1.82, 2.24) is 20.0 Å². The molecule has 6 nitrogen and oxygen atoms in total. The van der Waals surface area contributed by atoms with Gasteiger partial charge < -0.3 is 10.4 Å². The number of rotatable bonds is 4. The quantitative estimate of drug-likeness (QED) is 0.881. The molecule has 1 amide bonds. The van der Waals surface area contributed by atoms with E-state index in [4.69, 9.17) is 0 Å². The van der Waals surface area contributed by atoms with Gasteiger partial charge in [0.2, 0.25) is 0 Å². The lowest BCUT2D eigenvalue weighted by Crippen LogP contribution is -2.44. The van der Waals surface area contributed by atoms with E-state index < -0.39 is 0 Å². The van der Waals surface area contributed by atoms with Gasteiger partial charge >= 0.3 is 0 Å². The Morgan fingerprint density at radius 3 is 2.69 bits per heavy atom. The molecule has 1 aromatic heterocycles. The summed E-state index contributed by atoms with van der Waals surface area (Å²) in [5, 5.41) is 17.5. The second-order valence-electron chi connectivity index (χ2n) is 7.53. The Morgan fingerprint density at radius 1 is 1.27 bits per heavy atom. The van der Waals surface area contributed by atoms with E-state index in [1.807, 2.05) is 13.1 Å². The van der Waals surface area contributed by atoms with Gasteiger partial charge in [-0.15, -0.1) is 0 Å². The van der Waals surface area contributed by atoms with Crippen LogP contribution in [0.15, 0.2) is 24.5 Å². The minimum Gasteiger partial charge on any atom is -0.508 e. The molecule has 0 spiro atoms. The minimum atomic E-state index is -0.0483. The van der Waals surface area contributed by atoms with Crippen molar-refractivity contribution < 1.29 is 9.90 Å². The SMILES string of the molecule is Cn1cc(C(=O)NC2CCN(Cc3cc4c(cc3O)CCC4)CC2)cn1. The molecule has 138 valence electrons. The van der Waals surface area contributed by atoms with Gasteiger partial charge in [-0.3, -0.25) is 14.4 Å². The highest BCUT2D eigenvalue weighted by molar-refractivity contribution is 5.93. The lowest BCUT2D eigenvalue weighted by molar-refractivity contribution is 0.0908. The van der Waals surface area contributed by atoms with E-state index in [9.17, 15) is 9.90 Å². The number of phenolic OH excluding ortho intramolecular Hbond substituents is 1. The first-order chi connectivity index (χ1) is 12.6. The fraction of sp³-hybridized carbons (Fsp3) is 0.500. The van der Waals surface area contributed by atoms with Gasteiger partial charge in [0.15, 0.2) is 0 Å². The second kappa shape index (κ2) is 7.11. The Morgan fingerprint density at radius 2 is 2.00 bits per heavy atom. The first-order valence-electron chi connectivity index (χ1n) is 9.44. The number of piperidine rings is 1. The van der Waals surface area contributed by atoms with Crippen molar-refractivity contribution in [3.05, 3.63) is 46.8 Å². The molecule has 0 bridgehead atoms. The van der Waals surface area contributed by atoms with E-state index in [0.717, 1.165) is 50.9 Å². The highest BCUT2D eigenvalue weighted by atomic mass is 16.3. The average molecular weight is 354 g/mol. The maximum atomic E-state index is 12.2. The van der Waals surface area contributed by atoms with Crippen LogP contribution in [0.2, 0.25) is 0 Å². The number of nitrogens with zero attached hydrogens (tertiary/aromatic N) is 3. The summed E-state index contributed by atoms with van der Waals surface area (Å²) in [7, 11) is 1.81. The van der Waals surface area contributed by atoms with Gasteiger partial charge in [-0.1, -0.05) is 6.07 Å². The van der Waals surface area contributed by atoms with E-state index in [-0.39, 0.29) is 11.9 Å². The van der Waals surface area contributed by atoms with Crippen molar-refractivity contribution in [2.45, 2.75) is 44.7 Å². The Balaban J connectivity index is 1.31. The Labute approximate surface area is 153 Å². The predicted molar refractivity (Wildman–Crippen MR) is 99.1 cm³/mol. The maximum Gasteiger partial charge on any atom is 0.254 e. The number of aromatic nitrogens is 2. The third kappa shape index (κ3) is 3.60. The van der Waals surface area contributed by atoms with Gasteiger partial charge in [-0.05, 0) is 49.3 Å². The Kier molecular flexibility index (Phi) is 4.68. The molecule has 0 saturated carbocycles. The molecular weight excluding hydrogens is 328 g/mol. The number of benzene rings is 1. The van der Waals surface area contributed by atoms with Crippen molar-refractivity contribution in [2.24, 2.45) is 7.05 Å². The predicted octanol–water partition coefficient (Wildman–Crippen LogP) is 2.01. The van der Waals surface area contributed by atoms with Gasteiger partial charge in [0, 0.05) is 44.5 Å². The van der Waals surface area contributed by atoms with Crippen molar-refractivity contribution in [2.75, 3.05) is 13.1 Å². The van der Waals surface area contributed by atoms with E-state index in [2.05, 4.69) is 21.4 Å². The van der Waals surface area contributed by atoms with E-state index in [0.29, 0.717) is 11.3 Å². The van der Waals surface area contributed by atoms with Crippen molar-refractivity contribution >= 4 is 5.91 Å². The summed E-state index contributed by atoms with van der Waals surface area (Å²) in [6.45, 7) is 2.63. The van der Waals surface area contributed by atoms with Crippen LogP contribution in [-0.2, 0) is 26.4 Å². The van der Waals surface area contributed by atoms with Crippen LogP contribution in [0.25, 0.3) is 0 Å². The molecule has 2 aromatic rings. The monoisotopic (exact) mass is 354 g/mol. The van der Waals surface area contributed by atoms with Crippen LogP contribution < -0.4 is 5.32 Å². The molecule has 2 aliphatic rings. The van der Waals surface area contributed by atoms with Crippen LogP contribution in [0, 0.1) is 0 Å². The number of fused-ring (bicyclic) bond motifs is 1. The van der Waals surface area contributed by atoms with Gasteiger partial charge in [0.1, 0.15) is 5.75 Å². The molecule has 4 rings (SSSR count). The van der Waals surface area contributed by atoms with Gasteiger partial charge in [-0.25, -0.2) is 0 Å². The van der Waals surface area contributed by atoms with Crippen LogP contribution >= 0.6 is 0 Å². The molecule has 0 atom stereocenters. The van der Waals surface area contributed by atoms with Crippen molar-refractivity contribution in [3.8, 4) is 5.75 Å². The zero-order chi connectivity index (χ0) is 18.1. The van der Waals surface area contributed by atoms with Gasteiger partial charge in [-0.2, -0.15) is 5.10 Å². The molecule has 1 aliphatic carbocycles. The third-order valence-corrected chi connectivity index (χ3v) is 5.58. The fourth-order valence-corrected chi connectivity index (χ4v) is 4.07. The topological polar surface area (TPSA) is 70.4 Å². The normalized spacial score (nSPS) is 18.0. The highest BCUT2D eigenvalue weighted by Crippen LogP contribution is 2.30. The number of nitrogens with one attached hydrogen (secondary N) is 1. The van der Waals surface area contributed by atoms with Gasteiger partial charge in [0.25, 0.3) is 5.91 Å². The number of phenols is 1. The van der Waals surface area contributed by atoms with Crippen molar-refractivity contribution in [3.63, 3.8) is 0 Å². The molecule has 1 saturated heterocycles. The number of hydrogen-bond donors (Lipinski definition) is 2. The van der Waals surface area contributed by atoms with E-state index in [1.165, 1.54) is 17.5 Å². The zero-order valence-electron chi connectivity index (χ0n) is 15.2. The van der Waals surface area contributed by atoms with Crippen LogP contribution in [0.1, 0.15) is 46.3 Å². The van der Waals surface area contributed by atoms with Crippen molar-refractivity contribution in [1.29, 1.82) is 0 Å². The molecular formula is C20H26N4O2. The molecule has 26 heavy (non-hydrogen) atoms. The summed E-state index contributed by atoms with van der Waals surface area (Å²) in [6, 6.07) is 4.35. The summed E-state index contributed by atoms with van der Waals surface area (Å²) in [5.41, 5.74) is 4.35. The highest BCUT2D eigenvalue weighted by Gasteiger charge is 2.23. The van der Waals surface area contributed by atoms with Gasteiger partial charge in [0.05, 0.1) is 11.8 Å². The lowest BCUT2D eigenvalue weighted by atomic mass is 10.0. The molecule has 1 fully saturated rings. The van der Waals surface area contributed by atoms with E-state index in [1.54, 1.807) is 17.1 Å². The maximum absolute atomic E-state index is 12.2. The Bertz CT molecular complexity index is 806. The number of carbonyl (C=O) groups is 1. The number of amides is 1. The third-order valence-electron chi connectivity index (χ3n) is 5.58. The van der Waals surface area contributed by atoms with Crippen LogP contribution in [0.3, 0.4) is 0 Å². The summed E-state index contributed by atoms with van der Waals surface area (Å²) in [4.78, 5) is 14.6. The molecule has 6 heteroatoms. The number of aryl methyl sites for hydroxylation is 3. The molecule has 2 N–H and O–H groups in total. The number of likely N-dealkylation sites (tertiary alicyclic amines) is 1. The summed E-state index contributed by atoms with van der Waals surface area (Å²) in [5.74, 6) is 0.380. The average Bonchev–Trinajstić information content (AvgIpc) is 3.25.